The van der Waals surface area contributed by atoms with Crippen LogP contribution < -0.4 is 15.4 Å². The third-order valence-corrected chi connectivity index (χ3v) is 2.39. The first-order chi connectivity index (χ1) is 6.83. The maximum absolute atomic E-state index is 5.36. The first kappa shape index (κ1) is 9.30. The van der Waals surface area contributed by atoms with Crippen LogP contribution in [0.1, 0.15) is 11.1 Å². The summed E-state index contributed by atoms with van der Waals surface area (Å²) >= 11 is 0. The molecule has 1 heterocycles. The fraction of sp³-hybridized carbons (Fsp3) is 0.400. The normalized spacial score (nSPS) is 13.3. The quantitative estimate of drug-likeness (QED) is 0.735. The van der Waals surface area contributed by atoms with Crippen LogP contribution >= 0.6 is 0 Å². The zero-order chi connectivity index (χ0) is 9.97. The van der Waals surface area contributed by atoms with E-state index in [0.717, 1.165) is 23.5 Å². The van der Waals surface area contributed by atoms with Crippen LogP contribution in [0.3, 0.4) is 0 Å². The van der Waals surface area contributed by atoms with Crippen LogP contribution in [0.25, 0.3) is 0 Å². The van der Waals surface area contributed by atoms with Gasteiger partial charge in [0.05, 0.1) is 6.61 Å². The molecule has 0 bridgehead atoms. The molecule has 0 unspecified atom stereocenters. The minimum absolute atomic E-state index is 0.313. The van der Waals surface area contributed by atoms with Gasteiger partial charge in [0.2, 0.25) is 6.79 Å². The lowest BCUT2D eigenvalue weighted by Gasteiger charge is -2.07. The van der Waals surface area contributed by atoms with Gasteiger partial charge in [0, 0.05) is 0 Å². The molecular formula is C10H13NO3. The smallest absolute Gasteiger partial charge is 0.231 e. The summed E-state index contributed by atoms with van der Waals surface area (Å²) in [6.45, 7) is 2.84. The number of ether oxygens (including phenoxy) is 2. The Kier molecular flexibility index (Phi) is 2.56. The van der Waals surface area contributed by atoms with Crippen molar-refractivity contribution >= 4 is 0 Å². The van der Waals surface area contributed by atoms with Crippen molar-refractivity contribution < 1.29 is 14.3 Å². The molecule has 0 aromatic heterocycles. The van der Waals surface area contributed by atoms with Crippen molar-refractivity contribution in [3.05, 3.63) is 23.3 Å². The van der Waals surface area contributed by atoms with E-state index in [1.807, 2.05) is 19.1 Å². The molecule has 0 saturated carbocycles. The average Bonchev–Trinajstić information content (AvgIpc) is 2.66. The molecule has 0 amide bonds. The molecule has 2 N–H and O–H groups in total. The van der Waals surface area contributed by atoms with Crippen molar-refractivity contribution in [3.63, 3.8) is 0 Å². The van der Waals surface area contributed by atoms with Crippen LogP contribution in [-0.4, -0.2) is 13.4 Å². The Morgan fingerprint density at radius 3 is 3.07 bits per heavy atom. The number of hydrogen-bond acceptors (Lipinski definition) is 4. The first-order valence-corrected chi connectivity index (χ1v) is 4.52. The molecule has 1 aromatic carbocycles. The van der Waals surface area contributed by atoms with Crippen molar-refractivity contribution in [2.45, 2.75) is 13.3 Å². The largest absolute Gasteiger partial charge is 0.454 e. The minimum Gasteiger partial charge on any atom is -0.454 e. The fourth-order valence-electron chi connectivity index (χ4n) is 1.59. The highest BCUT2D eigenvalue weighted by Crippen LogP contribution is 2.36. The molecule has 2 rings (SSSR count). The molecule has 4 heteroatoms. The Morgan fingerprint density at radius 2 is 2.29 bits per heavy atom. The van der Waals surface area contributed by atoms with Crippen LogP contribution in [-0.2, 0) is 11.3 Å². The second kappa shape index (κ2) is 3.86. The van der Waals surface area contributed by atoms with Gasteiger partial charge in [-0.15, -0.1) is 0 Å². The molecule has 0 fully saturated rings. The SMILES string of the molecule is Cc1c(CCON)ccc2c1OCO2. The lowest BCUT2D eigenvalue weighted by molar-refractivity contribution is 0.141. The van der Waals surface area contributed by atoms with E-state index in [4.69, 9.17) is 15.4 Å². The first-order valence-electron chi connectivity index (χ1n) is 4.52. The molecule has 4 nitrogen and oxygen atoms in total. The Labute approximate surface area is 82.5 Å². The second-order valence-electron chi connectivity index (χ2n) is 3.20. The summed E-state index contributed by atoms with van der Waals surface area (Å²) in [5, 5.41) is 0. The Hall–Kier alpha value is -1.26. The Balaban J connectivity index is 2.26. The van der Waals surface area contributed by atoms with E-state index in [1.165, 1.54) is 5.56 Å². The van der Waals surface area contributed by atoms with E-state index in [9.17, 15) is 0 Å². The predicted molar refractivity (Wildman–Crippen MR) is 51.1 cm³/mol. The Morgan fingerprint density at radius 1 is 1.43 bits per heavy atom. The zero-order valence-corrected chi connectivity index (χ0v) is 8.08. The van der Waals surface area contributed by atoms with Gasteiger partial charge in [-0.05, 0) is 30.5 Å². The summed E-state index contributed by atoms with van der Waals surface area (Å²) in [5.41, 5.74) is 2.29. The molecule has 0 saturated heterocycles. The van der Waals surface area contributed by atoms with Gasteiger partial charge in [-0.2, -0.15) is 0 Å². The van der Waals surface area contributed by atoms with Gasteiger partial charge >= 0.3 is 0 Å². The van der Waals surface area contributed by atoms with Gasteiger partial charge in [-0.25, -0.2) is 5.90 Å². The molecule has 14 heavy (non-hydrogen) atoms. The van der Waals surface area contributed by atoms with E-state index in [2.05, 4.69) is 4.84 Å². The molecule has 0 atom stereocenters. The topological polar surface area (TPSA) is 53.7 Å². The van der Waals surface area contributed by atoms with Crippen molar-refractivity contribution in [1.82, 2.24) is 0 Å². The summed E-state index contributed by atoms with van der Waals surface area (Å²) in [4.78, 5) is 4.55. The molecule has 0 aliphatic carbocycles. The molecule has 0 radical (unpaired) electrons. The van der Waals surface area contributed by atoms with Gasteiger partial charge in [0.1, 0.15) is 0 Å². The predicted octanol–water partition coefficient (Wildman–Crippen LogP) is 1.16. The number of nitrogens with two attached hydrogens (primary N) is 1. The Bertz CT molecular complexity index is 338. The highest BCUT2D eigenvalue weighted by Gasteiger charge is 2.17. The van der Waals surface area contributed by atoms with Crippen LogP contribution in [0, 0.1) is 6.92 Å². The molecule has 1 aromatic rings. The summed E-state index contributed by atoms with van der Waals surface area (Å²) in [6, 6.07) is 3.93. The lowest BCUT2D eigenvalue weighted by Crippen LogP contribution is -2.04. The second-order valence-corrected chi connectivity index (χ2v) is 3.20. The van der Waals surface area contributed by atoms with Gasteiger partial charge in [-0.1, -0.05) is 6.07 Å². The summed E-state index contributed by atoms with van der Waals surface area (Å²) in [6.07, 6.45) is 0.791. The number of fused-ring (bicyclic) bond motifs is 1. The van der Waals surface area contributed by atoms with E-state index in [0.29, 0.717) is 13.4 Å². The maximum atomic E-state index is 5.36. The number of hydrogen-bond donors (Lipinski definition) is 1. The third-order valence-electron chi connectivity index (χ3n) is 2.39. The molecule has 1 aliphatic heterocycles. The van der Waals surface area contributed by atoms with Crippen LogP contribution in [0.5, 0.6) is 11.5 Å². The maximum Gasteiger partial charge on any atom is 0.231 e. The third kappa shape index (κ3) is 1.54. The summed E-state index contributed by atoms with van der Waals surface area (Å²) < 4.78 is 10.6. The highest BCUT2D eigenvalue weighted by atomic mass is 16.7. The standard InChI is InChI=1S/C10H13NO3/c1-7-8(4-5-14-11)2-3-9-10(7)13-6-12-9/h2-3H,4-6,11H2,1H3. The van der Waals surface area contributed by atoms with Crippen LogP contribution in [0.15, 0.2) is 12.1 Å². The van der Waals surface area contributed by atoms with E-state index in [-0.39, 0.29) is 0 Å². The van der Waals surface area contributed by atoms with Crippen molar-refractivity contribution in [1.29, 1.82) is 0 Å². The van der Waals surface area contributed by atoms with Crippen LogP contribution in [0.2, 0.25) is 0 Å². The zero-order valence-electron chi connectivity index (χ0n) is 8.08. The summed E-state index contributed by atoms with van der Waals surface area (Å²) in [7, 11) is 0. The lowest BCUT2D eigenvalue weighted by atomic mass is 10.0. The molecule has 1 aliphatic rings. The van der Waals surface area contributed by atoms with Crippen LogP contribution in [0.4, 0.5) is 0 Å². The fourth-order valence-corrected chi connectivity index (χ4v) is 1.59. The molecule has 76 valence electrons. The van der Waals surface area contributed by atoms with E-state index in [1.54, 1.807) is 0 Å². The van der Waals surface area contributed by atoms with E-state index < -0.39 is 0 Å². The minimum atomic E-state index is 0.313. The molecular weight excluding hydrogens is 182 g/mol. The monoisotopic (exact) mass is 195 g/mol. The highest BCUT2D eigenvalue weighted by molar-refractivity contribution is 5.51. The van der Waals surface area contributed by atoms with Crippen molar-refractivity contribution in [2.24, 2.45) is 5.90 Å². The number of rotatable bonds is 3. The van der Waals surface area contributed by atoms with Gasteiger partial charge in [-0.3, -0.25) is 0 Å². The van der Waals surface area contributed by atoms with Gasteiger partial charge in [0.25, 0.3) is 0 Å². The van der Waals surface area contributed by atoms with E-state index >= 15 is 0 Å². The summed E-state index contributed by atoms with van der Waals surface area (Å²) in [5.74, 6) is 6.65. The van der Waals surface area contributed by atoms with Gasteiger partial charge in [0.15, 0.2) is 11.5 Å². The molecule has 0 spiro atoms. The van der Waals surface area contributed by atoms with Crippen molar-refractivity contribution in [3.8, 4) is 11.5 Å². The van der Waals surface area contributed by atoms with Gasteiger partial charge < -0.3 is 14.3 Å². The van der Waals surface area contributed by atoms with Crippen molar-refractivity contribution in [2.75, 3.05) is 13.4 Å². The average molecular weight is 195 g/mol. The number of benzene rings is 1.